The Morgan fingerprint density at radius 1 is 1.27 bits per heavy atom. The summed E-state index contributed by atoms with van der Waals surface area (Å²) in [4.78, 5) is 14.7. The molecule has 5 heteroatoms. The molecule has 0 bridgehead atoms. The van der Waals surface area contributed by atoms with Gasteiger partial charge in [0.05, 0.1) is 11.3 Å². The van der Waals surface area contributed by atoms with E-state index in [1.54, 1.807) is 11.8 Å². The van der Waals surface area contributed by atoms with Crippen molar-refractivity contribution in [1.82, 2.24) is 10.2 Å². The minimum Gasteiger partial charge on any atom is -0.346 e. The Kier molecular flexibility index (Phi) is 5.32. The zero-order valence-electron chi connectivity index (χ0n) is 12.8. The smallest absolute Gasteiger partial charge is 0.230 e. The lowest BCUT2D eigenvalue weighted by molar-refractivity contribution is -0.119. The summed E-state index contributed by atoms with van der Waals surface area (Å²) in [7, 11) is 0. The molecule has 3 nitrogen and oxygen atoms in total. The van der Waals surface area contributed by atoms with Crippen molar-refractivity contribution in [2.45, 2.75) is 31.2 Å². The number of likely N-dealkylation sites (tertiary alicyclic amines) is 1. The fourth-order valence-corrected chi connectivity index (χ4v) is 4.21. The highest BCUT2D eigenvalue weighted by molar-refractivity contribution is 7.99. The Morgan fingerprint density at radius 3 is 2.68 bits per heavy atom. The van der Waals surface area contributed by atoms with Crippen molar-refractivity contribution in [2.75, 3.05) is 31.1 Å². The summed E-state index contributed by atoms with van der Waals surface area (Å²) in [6.45, 7) is 3.55. The third-order valence-corrected chi connectivity index (χ3v) is 5.77. The molecule has 0 unspecified atom stereocenters. The number of nitrogens with one attached hydrogen (secondary N) is 1. The summed E-state index contributed by atoms with van der Waals surface area (Å²) in [6.07, 6.45) is 4.62. The van der Waals surface area contributed by atoms with Gasteiger partial charge in [-0.25, -0.2) is 0 Å². The van der Waals surface area contributed by atoms with E-state index in [0.29, 0.717) is 5.75 Å². The number of amides is 1. The van der Waals surface area contributed by atoms with Crippen LogP contribution in [0.15, 0.2) is 24.3 Å². The molecule has 22 heavy (non-hydrogen) atoms. The molecule has 1 aliphatic carbocycles. The van der Waals surface area contributed by atoms with E-state index >= 15 is 0 Å². The molecule has 1 saturated carbocycles. The van der Waals surface area contributed by atoms with Gasteiger partial charge in [-0.1, -0.05) is 29.8 Å². The molecule has 1 aromatic rings. The highest BCUT2D eigenvalue weighted by atomic mass is 35.5. The van der Waals surface area contributed by atoms with Gasteiger partial charge in [0.25, 0.3) is 0 Å². The van der Waals surface area contributed by atoms with E-state index in [0.717, 1.165) is 35.7 Å². The number of carbonyl (C=O) groups excluding carboxylic acids is 1. The molecule has 0 spiro atoms. The lowest BCUT2D eigenvalue weighted by Crippen LogP contribution is -2.36. The molecule has 1 aromatic carbocycles. The van der Waals surface area contributed by atoms with Crippen molar-refractivity contribution >= 4 is 29.3 Å². The Labute approximate surface area is 141 Å². The topological polar surface area (TPSA) is 32.3 Å². The van der Waals surface area contributed by atoms with E-state index in [1.165, 1.54) is 25.9 Å². The van der Waals surface area contributed by atoms with Crippen molar-refractivity contribution in [3.63, 3.8) is 0 Å². The van der Waals surface area contributed by atoms with Crippen LogP contribution in [-0.4, -0.2) is 41.9 Å². The molecule has 0 aromatic heterocycles. The number of carbonyl (C=O) groups is 1. The summed E-state index contributed by atoms with van der Waals surface area (Å²) in [5, 5.41) is 3.95. The predicted molar refractivity (Wildman–Crippen MR) is 93.5 cm³/mol. The molecule has 1 heterocycles. The van der Waals surface area contributed by atoms with Crippen molar-refractivity contribution < 1.29 is 4.79 Å². The first-order valence-corrected chi connectivity index (χ1v) is 9.59. The summed E-state index contributed by atoms with van der Waals surface area (Å²) in [5.41, 5.74) is 0.859. The highest BCUT2D eigenvalue weighted by Crippen LogP contribution is 2.47. The van der Waals surface area contributed by atoms with Gasteiger partial charge in [0, 0.05) is 17.3 Å². The Hall–Kier alpha value is -0.710. The summed E-state index contributed by atoms with van der Waals surface area (Å²) < 4.78 is 0. The lowest BCUT2D eigenvalue weighted by Gasteiger charge is -2.19. The van der Waals surface area contributed by atoms with E-state index < -0.39 is 0 Å². The van der Waals surface area contributed by atoms with Gasteiger partial charge < -0.3 is 10.2 Å². The van der Waals surface area contributed by atoms with E-state index in [4.69, 9.17) is 11.6 Å². The number of hydrogen-bond acceptors (Lipinski definition) is 3. The molecule has 1 amide bonds. The third-order valence-electron chi connectivity index (χ3n) is 4.50. The zero-order valence-corrected chi connectivity index (χ0v) is 14.4. The van der Waals surface area contributed by atoms with E-state index in [2.05, 4.69) is 10.2 Å². The fraction of sp³-hybridized carbons (Fsp3) is 0.588. The lowest BCUT2D eigenvalue weighted by atomic mass is 10.1. The van der Waals surface area contributed by atoms with Gasteiger partial charge in [0.2, 0.25) is 5.91 Å². The third kappa shape index (κ3) is 3.98. The first-order chi connectivity index (χ1) is 10.7. The molecule has 120 valence electrons. The molecule has 1 aliphatic heterocycles. The predicted octanol–water partition coefficient (Wildman–Crippen LogP) is 3.27. The fourth-order valence-electron chi connectivity index (χ4n) is 3.10. The van der Waals surface area contributed by atoms with Crippen molar-refractivity contribution in [3.8, 4) is 0 Å². The van der Waals surface area contributed by atoms with Crippen molar-refractivity contribution in [3.05, 3.63) is 34.9 Å². The number of halogens is 1. The van der Waals surface area contributed by atoms with Crippen LogP contribution in [-0.2, 0) is 10.3 Å². The second-order valence-electron chi connectivity index (χ2n) is 6.21. The van der Waals surface area contributed by atoms with Crippen LogP contribution in [0.1, 0.15) is 31.2 Å². The van der Waals surface area contributed by atoms with Crippen LogP contribution < -0.4 is 5.32 Å². The van der Waals surface area contributed by atoms with E-state index in [-0.39, 0.29) is 11.4 Å². The Morgan fingerprint density at radius 2 is 2.00 bits per heavy atom. The van der Waals surface area contributed by atoms with Crippen LogP contribution in [0.3, 0.4) is 0 Å². The Balaban J connectivity index is 1.42. The van der Waals surface area contributed by atoms with Gasteiger partial charge in [-0.3, -0.25) is 4.79 Å². The maximum atomic E-state index is 12.2. The number of benzene rings is 1. The maximum absolute atomic E-state index is 12.2. The SMILES string of the molecule is O=C(CSCCN1CCCC1)NC1(c2ccccc2Cl)CC1. The molecule has 1 saturated heterocycles. The monoisotopic (exact) mass is 338 g/mol. The number of hydrogen-bond donors (Lipinski definition) is 1. The van der Waals surface area contributed by atoms with Crippen LogP contribution in [0, 0.1) is 0 Å². The summed E-state index contributed by atoms with van der Waals surface area (Å²) in [5.74, 6) is 1.70. The molecular formula is C17H23ClN2OS. The van der Waals surface area contributed by atoms with Gasteiger partial charge >= 0.3 is 0 Å². The first kappa shape index (κ1) is 16.2. The van der Waals surface area contributed by atoms with Gasteiger partial charge in [-0.05, 0) is 50.4 Å². The molecule has 1 N–H and O–H groups in total. The normalized spacial score (nSPS) is 20.0. The zero-order chi connectivity index (χ0) is 15.4. The van der Waals surface area contributed by atoms with E-state index in [9.17, 15) is 4.79 Å². The standard InChI is InChI=1S/C17H23ClN2OS/c18-15-6-2-1-5-14(15)17(7-8-17)19-16(21)13-22-12-11-20-9-3-4-10-20/h1-2,5-6H,3-4,7-13H2,(H,19,21). The first-order valence-electron chi connectivity index (χ1n) is 8.06. The quantitative estimate of drug-likeness (QED) is 0.774. The van der Waals surface area contributed by atoms with Gasteiger partial charge in [0.1, 0.15) is 0 Å². The summed E-state index contributed by atoms with van der Waals surface area (Å²) in [6, 6.07) is 7.83. The second-order valence-corrected chi connectivity index (χ2v) is 7.72. The number of rotatable bonds is 7. The second kappa shape index (κ2) is 7.24. The average molecular weight is 339 g/mol. The van der Waals surface area contributed by atoms with Crippen LogP contribution in [0.2, 0.25) is 5.02 Å². The molecule has 0 radical (unpaired) electrons. The average Bonchev–Trinajstić information content (AvgIpc) is 3.09. The van der Waals surface area contributed by atoms with Gasteiger partial charge in [-0.15, -0.1) is 0 Å². The van der Waals surface area contributed by atoms with Crippen LogP contribution in [0.4, 0.5) is 0 Å². The van der Waals surface area contributed by atoms with Gasteiger partial charge in [0.15, 0.2) is 0 Å². The largest absolute Gasteiger partial charge is 0.346 e. The van der Waals surface area contributed by atoms with Crippen molar-refractivity contribution in [1.29, 1.82) is 0 Å². The van der Waals surface area contributed by atoms with E-state index in [1.807, 2.05) is 24.3 Å². The molecule has 2 aliphatic rings. The molecule has 3 rings (SSSR count). The van der Waals surface area contributed by atoms with Crippen molar-refractivity contribution in [2.24, 2.45) is 0 Å². The highest BCUT2D eigenvalue weighted by Gasteiger charge is 2.46. The molecule has 0 atom stereocenters. The van der Waals surface area contributed by atoms with Crippen LogP contribution in [0.5, 0.6) is 0 Å². The Bertz CT molecular complexity index is 527. The maximum Gasteiger partial charge on any atom is 0.230 e. The van der Waals surface area contributed by atoms with Crippen LogP contribution in [0.25, 0.3) is 0 Å². The molecule has 2 fully saturated rings. The number of thioether (sulfide) groups is 1. The van der Waals surface area contributed by atoms with Crippen LogP contribution >= 0.6 is 23.4 Å². The summed E-state index contributed by atoms with van der Waals surface area (Å²) >= 11 is 8.00. The minimum absolute atomic E-state index is 0.129. The molecular weight excluding hydrogens is 316 g/mol. The minimum atomic E-state index is -0.203. The van der Waals surface area contributed by atoms with Gasteiger partial charge in [-0.2, -0.15) is 11.8 Å². The number of nitrogens with zero attached hydrogens (tertiary/aromatic N) is 1.